The molecule has 3 aromatic carbocycles. The number of carbonyl (C=O) groups excluding carboxylic acids is 2. The van der Waals surface area contributed by atoms with Gasteiger partial charge in [-0.25, -0.2) is 10.2 Å². The van der Waals surface area contributed by atoms with Gasteiger partial charge in [-0.2, -0.15) is 5.10 Å². The predicted octanol–water partition coefficient (Wildman–Crippen LogP) is 8.21. The summed E-state index contributed by atoms with van der Waals surface area (Å²) in [6.45, 7) is 2.25. The first-order valence-corrected chi connectivity index (χ1v) is 13.8. The number of benzene rings is 3. The van der Waals surface area contributed by atoms with Crippen molar-refractivity contribution >= 4 is 28.9 Å². The van der Waals surface area contributed by atoms with Crippen LogP contribution in [0.25, 0.3) is 10.8 Å². The Bertz CT molecular complexity index is 1130. The van der Waals surface area contributed by atoms with Crippen molar-refractivity contribution in [3.05, 3.63) is 77.9 Å². The minimum absolute atomic E-state index is 0.0622. The summed E-state index contributed by atoms with van der Waals surface area (Å²) in [7, 11) is 0. The summed E-state index contributed by atoms with van der Waals surface area (Å²) < 4.78 is 5.56. The third-order valence-electron chi connectivity index (χ3n) is 6.51. The van der Waals surface area contributed by atoms with Gasteiger partial charge in [0.05, 0.1) is 11.8 Å². The first-order chi connectivity index (χ1) is 18.2. The highest BCUT2D eigenvalue weighted by molar-refractivity contribution is 6.05. The molecular formula is C32H40N2O3. The van der Waals surface area contributed by atoms with Gasteiger partial charge in [0.1, 0.15) is 5.75 Å². The molecule has 0 unspecified atom stereocenters. The van der Waals surface area contributed by atoms with E-state index in [9.17, 15) is 9.59 Å². The minimum atomic E-state index is -0.395. The summed E-state index contributed by atoms with van der Waals surface area (Å²) in [6.07, 6.45) is 16.0. The van der Waals surface area contributed by atoms with Crippen LogP contribution in [-0.4, -0.2) is 18.1 Å². The molecule has 196 valence electrons. The molecule has 0 bridgehead atoms. The average Bonchev–Trinajstić information content (AvgIpc) is 2.92. The van der Waals surface area contributed by atoms with Crippen LogP contribution in [0.2, 0.25) is 0 Å². The number of hydrogen-bond acceptors (Lipinski definition) is 4. The van der Waals surface area contributed by atoms with Crippen molar-refractivity contribution in [1.82, 2.24) is 5.43 Å². The first-order valence-electron chi connectivity index (χ1n) is 13.8. The molecule has 0 saturated carbocycles. The van der Waals surface area contributed by atoms with Crippen LogP contribution in [-0.2, 0) is 4.79 Å². The monoisotopic (exact) mass is 500 g/mol. The fourth-order valence-corrected chi connectivity index (χ4v) is 4.37. The Labute approximate surface area is 221 Å². The van der Waals surface area contributed by atoms with Crippen molar-refractivity contribution in [1.29, 1.82) is 0 Å². The Morgan fingerprint density at radius 3 is 2.08 bits per heavy atom. The van der Waals surface area contributed by atoms with Gasteiger partial charge in [-0.1, -0.05) is 108 Å². The zero-order valence-corrected chi connectivity index (χ0v) is 22.1. The third-order valence-corrected chi connectivity index (χ3v) is 6.51. The zero-order valence-electron chi connectivity index (χ0n) is 22.1. The molecule has 0 heterocycles. The summed E-state index contributed by atoms with van der Waals surface area (Å²) in [6, 6.07) is 20.4. The molecule has 0 atom stereocenters. The van der Waals surface area contributed by atoms with E-state index >= 15 is 0 Å². The van der Waals surface area contributed by atoms with Crippen molar-refractivity contribution in [2.75, 3.05) is 0 Å². The van der Waals surface area contributed by atoms with Crippen molar-refractivity contribution < 1.29 is 14.3 Å². The molecule has 0 aliphatic carbocycles. The SMILES string of the molecule is CCCCCCCCCCCCCC(=O)N/N=C/c1ccc(OC(=O)c2cccc3ccccc23)cc1. The molecule has 0 radical (unpaired) electrons. The van der Waals surface area contributed by atoms with Crippen LogP contribution in [0, 0.1) is 0 Å². The second-order valence-corrected chi connectivity index (χ2v) is 9.56. The van der Waals surface area contributed by atoms with E-state index in [0.29, 0.717) is 17.7 Å². The average molecular weight is 501 g/mol. The fourth-order valence-electron chi connectivity index (χ4n) is 4.37. The first kappa shape index (κ1) is 28.1. The normalized spacial score (nSPS) is 11.2. The van der Waals surface area contributed by atoms with E-state index in [1.807, 2.05) is 36.4 Å². The van der Waals surface area contributed by atoms with Crippen LogP contribution in [0.4, 0.5) is 0 Å². The minimum Gasteiger partial charge on any atom is -0.423 e. The highest BCUT2D eigenvalue weighted by Crippen LogP contribution is 2.21. The van der Waals surface area contributed by atoms with Crippen LogP contribution >= 0.6 is 0 Å². The Balaban J connectivity index is 1.31. The Hall–Kier alpha value is -3.47. The number of unbranched alkanes of at least 4 members (excludes halogenated alkanes) is 10. The second-order valence-electron chi connectivity index (χ2n) is 9.56. The molecule has 3 aromatic rings. The van der Waals surface area contributed by atoms with Gasteiger partial charge in [0.25, 0.3) is 0 Å². The van der Waals surface area contributed by atoms with Gasteiger partial charge in [0.15, 0.2) is 0 Å². The fraction of sp³-hybridized carbons (Fsp3) is 0.406. The quantitative estimate of drug-likeness (QED) is 0.0708. The lowest BCUT2D eigenvalue weighted by atomic mass is 10.0. The maximum Gasteiger partial charge on any atom is 0.344 e. The molecule has 5 heteroatoms. The molecule has 0 saturated heterocycles. The van der Waals surface area contributed by atoms with Gasteiger partial charge in [-0.3, -0.25) is 4.79 Å². The molecule has 0 fully saturated rings. The van der Waals surface area contributed by atoms with Crippen molar-refractivity contribution in [2.24, 2.45) is 5.10 Å². The number of nitrogens with one attached hydrogen (secondary N) is 1. The van der Waals surface area contributed by atoms with Crippen molar-refractivity contribution in [2.45, 2.75) is 84.0 Å². The topological polar surface area (TPSA) is 67.8 Å². The van der Waals surface area contributed by atoms with Crippen LogP contribution in [0.5, 0.6) is 5.75 Å². The number of nitrogens with zero attached hydrogens (tertiary/aromatic N) is 1. The summed E-state index contributed by atoms with van der Waals surface area (Å²) in [4.78, 5) is 24.7. The molecule has 3 rings (SSSR count). The predicted molar refractivity (Wildman–Crippen MR) is 152 cm³/mol. The van der Waals surface area contributed by atoms with Crippen molar-refractivity contribution in [3.63, 3.8) is 0 Å². The number of hydrogen-bond donors (Lipinski definition) is 1. The lowest BCUT2D eigenvalue weighted by Gasteiger charge is -2.07. The molecule has 37 heavy (non-hydrogen) atoms. The molecule has 0 aliphatic heterocycles. The molecule has 5 nitrogen and oxygen atoms in total. The zero-order chi connectivity index (χ0) is 26.1. The number of hydrazone groups is 1. The van der Waals surface area contributed by atoms with E-state index in [1.54, 1.807) is 36.5 Å². The van der Waals surface area contributed by atoms with Gasteiger partial charge < -0.3 is 4.74 Å². The standard InChI is InChI=1S/C32H40N2O3/c1-2-3-4-5-6-7-8-9-10-11-12-20-31(35)34-33-25-26-21-23-28(24-22-26)37-32(36)30-19-15-17-27-16-13-14-18-29(27)30/h13-19,21-25H,2-12,20H2,1H3,(H,34,35)/b33-25+. The van der Waals surface area contributed by atoms with E-state index in [4.69, 9.17) is 4.74 Å². The van der Waals surface area contributed by atoms with Gasteiger partial charge in [0.2, 0.25) is 5.91 Å². The second kappa shape index (κ2) is 16.3. The largest absolute Gasteiger partial charge is 0.423 e. The number of fused-ring (bicyclic) bond motifs is 1. The summed E-state index contributed by atoms with van der Waals surface area (Å²) in [5.41, 5.74) is 3.93. The van der Waals surface area contributed by atoms with Crippen LogP contribution in [0.3, 0.4) is 0 Å². The summed E-state index contributed by atoms with van der Waals surface area (Å²) in [5.74, 6) is -0.00341. The summed E-state index contributed by atoms with van der Waals surface area (Å²) in [5, 5.41) is 5.91. The van der Waals surface area contributed by atoms with Crippen molar-refractivity contribution in [3.8, 4) is 5.75 Å². The Morgan fingerprint density at radius 1 is 0.757 bits per heavy atom. The van der Waals surface area contributed by atoms with Crippen LogP contribution in [0.1, 0.15) is 99.9 Å². The summed E-state index contributed by atoms with van der Waals surface area (Å²) >= 11 is 0. The Morgan fingerprint density at radius 2 is 1.38 bits per heavy atom. The van der Waals surface area contributed by atoms with E-state index in [0.717, 1.165) is 29.2 Å². The highest BCUT2D eigenvalue weighted by atomic mass is 16.5. The number of rotatable bonds is 16. The van der Waals surface area contributed by atoms with Crippen LogP contribution in [0.15, 0.2) is 71.8 Å². The molecule has 1 amide bonds. The number of ether oxygens (including phenoxy) is 1. The maximum atomic E-state index is 12.7. The van der Waals surface area contributed by atoms with E-state index < -0.39 is 5.97 Å². The lowest BCUT2D eigenvalue weighted by Crippen LogP contribution is -2.16. The van der Waals surface area contributed by atoms with Gasteiger partial charge in [0, 0.05) is 6.42 Å². The molecule has 0 aromatic heterocycles. The smallest absolute Gasteiger partial charge is 0.344 e. The van der Waals surface area contributed by atoms with Gasteiger partial charge in [-0.15, -0.1) is 0 Å². The van der Waals surface area contributed by atoms with Crippen LogP contribution < -0.4 is 10.2 Å². The molecule has 0 spiro atoms. The number of amides is 1. The Kier molecular flexibility index (Phi) is 12.4. The van der Waals surface area contributed by atoms with Gasteiger partial charge >= 0.3 is 5.97 Å². The number of carbonyl (C=O) groups is 2. The lowest BCUT2D eigenvalue weighted by molar-refractivity contribution is -0.121. The maximum absolute atomic E-state index is 12.7. The van der Waals surface area contributed by atoms with E-state index in [-0.39, 0.29) is 5.91 Å². The van der Waals surface area contributed by atoms with E-state index in [1.165, 1.54) is 57.8 Å². The number of esters is 1. The third kappa shape index (κ3) is 10.2. The van der Waals surface area contributed by atoms with E-state index in [2.05, 4.69) is 17.5 Å². The van der Waals surface area contributed by atoms with Gasteiger partial charge in [-0.05, 0) is 53.1 Å². The molecule has 1 N–H and O–H groups in total. The molecule has 0 aliphatic rings. The molecular weight excluding hydrogens is 460 g/mol. The highest BCUT2D eigenvalue weighted by Gasteiger charge is 2.12.